The molecule has 0 N–H and O–H groups in total. The second-order valence-corrected chi connectivity index (χ2v) is 6.80. The summed E-state index contributed by atoms with van der Waals surface area (Å²) in [4.78, 5) is 4.78. The smallest absolute Gasteiger partial charge is 0.235 e. The van der Waals surface area contributed by atoms with Crippen LogP contribution >= 0.6 is 34.5 Å². The molecule has 0 fully saturated rings. The van der Waals surface area contributed by atoms with Gasteiger partial charge in [0.2, 0.25) is 4.96 Å². The van der Waals surface area contributed by atoms with Gasteiger partial charge in [0.15, 0.2) is 5.82 Å². The molecule has 0 bridgehead atoms. The van der Waals surface area contributed by atoms with E-state index in [1.54, 1.807) is 35.1 Å². The van der Waals surface area contributed by atoms with Crippen molar-refractivity contribution >= 4 is 51.7 Å². The lowest BCUT2D eigenvalue weighted by Crippen LogP contribution is -1.91. The van der Waals surface area contributed by atoms with Gasteiger partial charge in [-0.2, -0.15) is 9.61 Å². The van der Waals surface area contributed by atoms with E-state index in [9.17, 15) is 0 Å². The van der Waals surface area contributed by atoms with Gasteiger partial charge in [-0.25, -0.2) is 0 Å². The van der Waals surface area contributed by atoms with Gasteiger partial charge in [0, 0.05) is 28.0 Å². The van der Waals surface area contributed by atoms with E-state index in [2.05, 4.69) is 20.3 Å². The normalized spacial score (nSPS) is 11.6. The third-order valence-electron chi connectivity index (χ3n) is 3.23. The number of rotatable bonds is 3. The average Bonchev–Trinajstić information content (AvgIpc) is 3.13. The number of hydrogen-bond donors (Lipinski definition) is 0. The fourth-order valence-electron chi connectivity index (χ4n) is 2.20. The van der Waals surface area contributed by atoms with Crippen LogP contribution in [0.1, 0.15) is 10.6 Å². The van der Waals surface area contributed by atoms with Gasteiger partial charge in [-0.15, -0.1) is 10.2 Å². The monoisotopic (exact) mass is 373 g/mol. The Morgan fingerprint density at radius 2 is 1.88 bits per heavy atom. The molecule has 118 valence electrons. The summed E-state index contributed by atoms with van der Waals surface area (Å²) < 4.78 is 1.69. The van der Waals surface area contributed by atoms with Crippen LogP contribution in [0.4, 0.5) is 0 Å². The van der Waals surface area contributed by atoms with Crippen LogP contribution in [0.25, 0.3) is 28.5 Å². The first-order valence-electron chi connectivity index (χ1n) is 6.96. The second-order valence-electron chi connectivity index (χ2n) is 4.94. The van der Waals surface area contributed by atoms with Crippen molar-refractivity contribution in [1.29, 1.82) is 0 Å². The van der Waals surface area contributed by atoms with Crippen molar-refractivity contribution in [3.63, 3.8) is 0 Å². The zero-order valence-electron chi connectivity index (χ0n) is 12.1. The van der Waals surface area contributed by atoms with E-state index in [0.717, 1.165) is 16.1 Å². The molecule has 0 saturated carbocycles. The molecule has 0 aliphatic carbocycles. The lowest BCUT2D eigenvalue weighted by molar-refractivity contribution is 0.960. The van der Waals surface area contributed by atoms with Gasteiger partial charge in [-0.1, -0.05) is 46.7 Å². The molecule has 0 saturated heterocycles. The van der Waals surface area contributed by atoms with Gasteiger partial charge in [-0.3, -0.25) is 4.98 Å². The lowest BCUT2D eigenvalue weighted by atomic mass is 10.2. The topological polar surface area (TPSA) is 56.0 Å². The molecule has 4 aromatic rings. The molecule has 3 heterocycles. The molecule has 3 aromatic heterocycles. The van der Waals surface area contributed by atoms with Gasteiger partial charge < -0.3 is 0 Å². The summed E-state index contributed by atoms with van der Waals surface area (Å²) in [7, 11) is 0. The number of halogens is 2. The molecule has 0 aliphatic heterocycles. The molecular formula is C16H9Cl2N5S. The third kappa shape index (κ3) is 3.03. The third-order valence-corrected chi connectivity index (χ3v) is 4.53. The van der Waals surface area contributed by atoms with Crippen molar-refractivity contribution in [2.75, 3.05) is 0 Å². The fourth-order valence-corrected chi connectivity index (χ4v) is 3.47. The van der Waals surface area contributed by atoms with Crippen molar-refractivity contribution in [3.05, 3.63) is 63.3 Å². The van der Waals surface area contributed by atoms with Crippen LogP contribution in [0, 0.1) is 0 Å². The Morgan fingerprint density at radius 1 is 1.04 bits per heavy atom. The van der Waals surface area contributed by atoms with Crippen LogP contribution in [-0.4, -0.2) is 24.8 Å². The standard InChI is InChI=1S/C16H9Cl2N5S/c17-12-6-11(7-13(18)8-12)15-20-21-16-23(15)22-14(24-16)4-3-10-2-1-5-19-9-10/h1-9H. The van der Waals surface area contributed by atoms with Crippen molar-refractivity contribution in [3.8, 4) is 11.4 Å². The fraction of sp³-hybridized carbons (Fsp3) is 0. The predicted octanol–water partition coefficient (Wildman–Crippen LogP) is 4.73. The molecule has 0 aliphatic rings. The molecule has 8 heteroatoms. The highest BCUT2D eigenvalue weighted by Gasteiger charge is 2.13. The number of aromatic nitrogens is 5. The van der Waals surface area contributed by atoms with Crippen LogP contribution < -0.4 is 0 Å². The Kier molecular flexibility index (Phi) is 4.02. The Morgan fingerprint density at radius 3 is 2.62 bits per heavy atom. The van der Waals surface area contributed by atoms with Crippen molar-refractivity contribution in [2.45, 2.75) is 0 Å². The Labute approximate surface area is 151 Å². The van der Waals surface area contributed by atoms with Crippen LogP contribution in [0.3, 0.4) is 0 Å². The molecule has 1 aromatic carbocycles. The molecule has 24 heavy (non-hydrogen) atoms. The SMILES string of the molecule is Clc1cc(Cl)cc(-c2nnc3sc(C=Cc4cccnc4)nn23)c1. The van der Waals surface area contributed by atoms with Gasteiger partial charge in [0.25, 0.3) is 0 Å². The molecule has 0 spiro atoms. The molecule has 0 unspecified atom stereocenters. The first-order valence-corrected chi connectivity index (χ1v) is 8.53. The number of fused-ring (bicyclic) bond motifs is 1. The molecule has 0 atom stereocenters. The van der Waals surface area contributed by atoms with Crippen molar-refractivity contribution < 1.29 is 0 Å². The molecule has 0 amide bonds. The number of hydrogen-bond acceptors (Lipinski definition) is 5. The van der Waals surface area contributed by atoms with Crippen LogP contribution in [0.15, 0.2) is 42.7 Å². The van der Waals surface area contributed by atoms with Gasteiger partial charge in [0.1, 0.15) is 5.01 Å². The Balaban J connectivity index is 1.72. The highest BCUT2D eigenvalue weighted by atomic mass is 35.5. The van der Waals surface area contributed by atoms with E-state index in [-0.39, 0.29) is 0 Å². The predicted molar refractivity (Wildman–Crippen MR) is 97.3 cm³/mol. The molecule has 4 rings (SSSR count). The van der Waals surface area contributed by atoms with E-state index < -0.39 is 0 Å². The summed E-state index contributed by atoms with van der Waals surface area (Å²) in [6.45, 7) is 0. The Hall–Kier alpha value is -2.28. The largest absolute Gasteiger partial charge is 0.264 e. The summed E-state index contributed by atoms with van der Waals surface area (Å²) >= 11 is 13.6. The maximum absolute atomic E-state index is 6.06. The summed E-state index contributed by atoms with van der Waals surface area (Å²) in [6.07, 6.45) is 7.40. The Bertz CT molecular complexity index is 1020. The van der Waals surface area contributed by atoms with Gasteiger partial charge in [0.05, 0.1) is 0 Å². The second kappa shape index (κ2) is 6.32. The van der Waals surface area contributed by atoms with Crippen LogP contribution in [-0.2, 0) is 0 Å². The van der Waals surface area contributed by atoms with Crippen LogP contribution in [0.5, 0.6) is 0 Å². The summed E-state index contributed by atoms with van der Waals surface area (Å²) in [6, 6.07) is 9.11. The molecule has 0 radical (unpaired) electrons. The van der Waals surface area contributed by atoms with E-state index >= 15 is 0 Å². The minimum atomic E-state index is 0.543. The minimum Gasteiger partial charge on any atom is -0.264 e. The maximum atomic E-state index is 6.06. The van der Waals surface area contributed by atoms with Crippen molar-refractivity contribution in [1.82, 2.24) is 24.8 Å². The molecule has 5 nitrogen and oxygen atoms in total. The van der Waals surface area contributed by atoms with E-state index in [1.165, 1.54) is 11.3 Å². The highest BCUT2D eigenvalue weighted by molar-refractivity contribution is 7.17. The summed E-state index contributed by atoms with van der Waals surface area (Å²) in [5, 5.41) is 14.8. The lowest BCUT2D eigenvalue weighted by Gasteiger charge is -1.99. The zero-order chi connectivity index (χ0) is 16.5. The minimum absolute atomic E-state index is 0.543. The van der Waals surface area contributed by atoms with E-state index in [1.807, 2.05) is 24.3 Å². The quantitative estimate of drug-likeness (QED) is 0.521. The number of benzene rings is 1. The van der Waals surface area contributed by atoms with Crippen molar-refractivity contribution in [2.24, 2.45) is 0 Å². The number of pyridine rings is 1. The summed E-state index contributed by atoms with van der Waals surface area (Å²) in [5.41, 5.74) is 1.78. The first kappa shape index (κ1) is 15.3. The first-order chi connectivity index (χ1) is 11.7. The number of nitrogens with zero attached hydrogens (tertiary/aromatic N) is 5. The van der Waals surface area contributed by atoms with Gasteiger partial charge >= 0.3 is 0 Å². The van der Waals surface area contributed by atoms with E-state index in [4.69, 9.17) is 23.2 Å². The average molecular weight is 374 g/mol. The maximum Gasteiger partial charge on any atom is 0.235 e. The summed E-state index contributed by atoms with van der Waals surface area (Å²) in [5.74, 6) is 0.603. The molecular weight excluding hydrogens is 365 g/mol. The van der Waals surface area contributed by atoms with Crippen LogP contribution in [0.2, 0.25) is 10.0 Å². The highest BCUT2D eigenvalue weighted by Crippen LogP contribution is 2.27. The van der Waals surface area contributed by atoms with Gasteiger partial charge in [-0.05, 0) is 35.9 Å². The van der Waals surface area contributed by atoms with E-state index in [0.29, 0.717) is 20.8 Å². The zero-order valence-corrected chi connectivity index (χ0v) is 14.4.